The molecule has 0 radical (unpaired) electrons. The number of aromatic nitrogens is 1. The number of alkyl halides is 3. The fourth-order valence-electron chi connectivity index (χ4n) is 4.52. The summed E-state index contributed by atoms with van der Waals surface area (Å²) in [6.07, 6.45) is 3.03. The Labute approximate surface area is 214 Å². The predicted molar refractivity (Wildman–Crippen MR) is 137 cm³/mol. The molecule has 0 amide bonds. The fraction of sp³-hybridized carbons (Fsp3) is 0.423. The lowest BCUT2D eigenvalue weighted by Gasteiger charge is -2.36. The second-order valence-electron chi connectivity index (χ2n) is 9.32. The van der Waals surface area contributed by atoms with Crippen LogP contribution in [-0.2, 0) is 16.3 Å². The molecule has 1 aliphatic heterocycles. The van der Waals surface area contributed by atoms with Crippen molar-refractivity contribution >= 4 is 32.5 Å². The maximum Gasteiger partial charge on any atom is 0.416 e. The van der Waals surface area contributed by atoms with Gasteiger partial charge in [-0.2, -0.15) is 21.6 Å². The lowest BCUT2D eigenvalue weighted by atomic mass is 10.1. The van der Waals surface area contributed by atoms with Gasteiger partial charge in [-0.3, -0.25) is 14.3 Å². The quantitative estimate of drug-likeness (QED) is 0.282. The number of anilines is 1. The van der Waals surface area contributed by atoms with Crippen LogP contribution in [0.15, 0.2) is 54.9 Å². The van der Waals surface area contributed by atoms with Gasteiger partial charge in [0, 0.05) is 61.5 Å². The minimum absolute atomic E-state index is 0.0310. The highest BCUT2D eigenvalue weighted by Crippen LogP contribution is 2.32. The van der Waals surface area contributed by atoms with Crippen LogP contribution in [0.4, 0.5) is 18.9 Å². The summed E-state index contributed by atoms with van der Waals surface area (Å²) in [7, 11) is -3.62. The largest absolute Gasteiger partial charge is 0.416 e. The zero-order valence-electron chi connectivity index (χ0n) is 20.6. The SMILES string of the molecule is CS(=O)(=O)Oc1ccc2cn(C(=O)CCCCCN3CCN(c4cccc(C(F)(F)F)c4)CC3)cc2c1. The molecule has 0 unspecified atom stereocenters. The Morgan fingerprint density at radius 3 is 2.38 bits per heavy atom. The Balaban J connectivity index is 1.18. The van der Waals surface area contributed by atoms with Gasteiger partial charge >= 0.3 is 16.3 Å². The third kappa shape index (κ3) is 7.48. The third-order valence-corrected chi connectivity index (χ3v) is 6.92. The molecule has 2 heterocycles. The Hall–Kier alpha value is -3.05. The second kappa shape index (κ2) is 11.1. The molecule has 1 fully saturated rings. The van der Waals surface area contributed by atoms with Crippen LogP contribution in [0.2, 0.25) is 0 Å². The minimum Gasteiger partial charge on any atom is -0.383 e. The Morgan fingerprint density at radius 1 is 0.946 bits per heavy atom. The van der Waals surface area contributed by atoms with E-state index in [1.54, 1.807) is 36.7 Å². The number of hydrogen-bond acceptors (Lipinski definition) is 6. The van der Waals surface area contributed by atoms with Crippen LogP contribution in [-0.4, -0.2) is 62.8 Å². The Bertz CT molecular complexity index is 1350. The molecule has 37 heavy (non-hydrogen) atoms. The molecular weight excluding hydrogens is 507 g/mol. The number of hydrogen-bond donors (Lipinski definition) is 0. The van der Waals surface area contributed by atoms with Crippen molar-refractivity contribution in [3.63, 3.8) is 0 Å². The highest BCUT2D eigenvalue weighted by molar-refractivity contribution is 7.86. The number of benzene rings is 2. The standard InChI is InChI=1S/C26H30F3N3O4S/c1-37(34,35)36-24-10-9-20-18-32(19-21(20)16-24)25(33)8-3-2-4-11-30-12-14-31(15-13-30)23-7-5-6-22(17-23)26(27,28)29/h5-7,9-10,16-19H,2-4,8,11-15H2,1H3. The monoisotopic (exact) mass is 537 g/mol. The van der Waals surface area contributed by atoms with Crippen LogP contribution in [0.3, 0.4) is 0 Å². The van der Waals surface area contributed by atoms with Crippen LogP contribution in [0.5, 0.6) is 5.75 Å². The Kier molecular flexibility index (Phi) is 8.13. The summed E-state index contributed by atoms with van der Waals surface area (Å²) in [5, 5.41) is 1.54. The summed E-state index contributed by atoms with van der Waals surface area (Å²) in [5.41, 5.74) is -0.0227. The van der Waals surface area contributed by atoms with Crippen molar-refractivity contribution in [1.29, 1.82) is 0 Å². The molecule has 11 heteroatoms. The van der Waals surface area contributed by atoms with Gasteiger partial charge in [-0.05, 0) is 55.8 Å². The summed E-state index contributed by atoms with van der Waals surface area (Å²) in [4.78, 5) is 16.9. The molecule has 2 aromatic carbocycles. The molecular formula is C26H30F3N3O4S. The van der Waals surface area contributed by atoms with Crippen molar-refractivity contribution in [3.05, 3.63) is 60.4 Å². The Morgan fingerprint density at radius 2 is 1.68 bits per heavy atom. The smallest absolute Gasteiger partial charge is 0.383 e. The first kappa shape index (κ1) is 27.0. The summed E-state index contributed by atoms with van der Waals surface area (Å²) in [6.45, 7) is 3.82. The van der Waals surface area contributed by atoms with E-state index in [4.69, 9.17) is 4.18 Å². The van der Waals surface area contributed by atoms with Gasteiger partial charge in [-0.25, -0.2) is 0 Å². The number of rotatable bonds is 9. The first-order valence-electron chi connectivity index (χ1n) is 12.2. The van der Waals surface area contributed by atoms with Crippen molar-refractivity contribution in [3.8, 4) is 5.75 Å². The van der Waals surface area contributed by atoms with Crippen LogP contribution < -0.4 is 9.08 Å². The number of unbranched alkanes of at least 4 members (excludes halogenated alkanes) is 2. The van der Waals surface area contributed by atoms with E-state index < -0.39 is 21.9 Å². The number of fused-ring (bicyclic) bond motifs is 1. The number of nitrogens with zero attached hydrogens (tertiary/aromatic N) is 3. The van der Waals surface area contributed by atoms with Gasteiger partial charge in [-0.1, -0.05) is 12.5 Å². The van der Waals surface area contributed by atoms with Crippen LogP contribution in [0, 0.1) is 0 Å². The highest BCUT2D eigenvalue weighted by Gasteiger charge is 2.31. The van der Waals surface area contributed by atoms with Crippen molar-refractivity contribution in [2.24, 2.45) is 0 Å². The molecule has 0 bridgehead atoms. The fourth-order valence-corrected chi connectivity index (χ4v) is 4.97. The van der Waals surface area contributed by atoms with Crippen LogP contribution >= 0.6 is 0 Å². The van der Waals surface area contributed by atoms with Gasteiger partial charge < -0.3 is 9.08 Å². The predicted octanol–water partition coefficient (Wildman–Crippen LogP) is 5.02. The molecule has 0 N–H and O–H groups in total. The molecule has 200 valence electrons. The van der Waals surface area contributed by atoms with E-state index in [9.17, 15) is 26.4 Å². The number of halogens is 3. The van der Waals surface area contributed by atoms with Gasteiger partial charge in [0.05, 0.1) is 11.8 Å². The average Bonchev–Trinajstić information content (AvgIpc) is 3.26. The van der Waals surface area contributed by atoms with Crippen molar-refractivity contribution in [2.45, 2.75) is 31.9 Å². The van der Waals surface area contributed by atoms with E-state index >= 15 is 0 Å². The summed E-state index contributed by atoms with van der Waals surface area (Å²) < 4.78 is 68.0. The molecule has 0 spiro atoms. The van der Waals surface area contributed by atoms with Crippen LogP contribution in [0.1, 0.15) is 36.0 Å². The molecule has 7 nitrogen and oxygen atoms in total. The topological polar surface area (TPSA) is 71.8 Å². The lowest BCUT2D eigenvalue weighted by Crippen LogP contribution is -2.46. The maximum atomic E-state index is 13.0. The van der Waals surface area contributed by atoms with Crippen LogP contribution in [0.25, 0.3) is 10.8 Å². The molecule has 0 aliphatic carbocycles. The minimum atomic E-state index is -4.34. The zero-order valence-corrected chi connectivity index (χ0v) is 21.4. The molecule has 1 aliphatic rings. The second-order valence-corrected chi connectivity index (χ2v) is 10.9. The highest BCUT2D eigenvalue weighted by atomic mass is 32.2. The maximum absolute atomic E-state index is 13.0. The summed E-state index contributed by atoms with van der Waals surface area (Å²) >= 11 is 0. The van der Waals surface area contributed by atoms with Crippen molar-refractivity contribution in [2.75, 3.05) is 43.9 Å². The molecule has 0 atom stereocenters. The van der Waals surface area contributed by atoms with Gasteiger partial charge in [0.1, 0.15) is 5.75 Å². The van der Waals surface area contributed by atoms with Crippen molar-refractivity contribution < 1.29 is 30.6 Å². The number of carbonyl (C=O) groups is 1. The molecule has 4 rings (SSSR count). The average molecular weight is 538 g/mol. The van der Waals surface area contributed by atoms with E-state index in [1.165, 1.54) is 16.7 Å². The zero-order chi connectivity index (χ0) is 26.6. The van der Waals surface area contributed by atoms with Crippen molar-refractivity contribution in [1.82, 2.24) is 9.47 Å². The normalized spacial score (nSPS) is 15.3. The van der Waals surface area contributed by atoms with E-state index in [1.807, 2.05) is 4.90 Å². The first-order chi connectivity index (χ1) is 17.5. The molecule has 1 saturated heterocycles. The molecule has 0 saturated carbocycles. The van der Waals surface area contributed by atoms with E-state index in [-0.39, 0.29) is 11.7 Å². The third-order valence-electron chi connectivity index (χ3n) is 6.43. The summed E-state index contributed by atoms with van der Waals surface area (Å²) in [6, 6.07) is 10.3. The molecule has 3 aromatic rings. The van der Waals surface area contributed by atoms with Gasteiger partial charge in [0.25, 0.3) is 0 Å². The van der Waals surface area contributed by atoms with E-state index in [0.29, 0.717) is 25.2 Å². The van der Waals surface area contributed by atoms with E-state index in [0.717, 1.165) is 62.0 Å². The van der Waals surface area contributed by atoms with Gasteiger partial charge in [0.2, 0.25) is 5.91 Å². The van der Waals surface area contributed by atoms with E-state index in [2.05, 4.69) is 4.90 Å². The number of carbonyl (C=O) groups excluding carboxylic acids is 1. The summed E-state index contributed by atoms with van der Waals surface area (Å²) in [5.74, 6) is 0.173. The number of piperazine rings is 1. The van der Waals surface area contributed by atoms with Gasteiger partial charge in [-0.15, -0.1) is 0 Å². The first-order valence-corrected chi connectivity index (χ1v) is 14.0. The molecule has 1 aromatic heterocycles. The van der Waals surface area contributed by atoms with Gasteiger partial charge in [0.15, 0.2) is 0 Å². The lowest BCUT2D eigenvalue weighted by molar-refractivity contribution is -0.137.